The summed E-state index contributed by atoms with van der Waals surface area (Å²) in [5, 5.41) is 0. The van der Waals surface area contributed by atoms with Crippen LogP contribution in [0, 0.1) is 5.92 Å². The highest BCUT2D eigenvalue weighted by molar-refractivity contribution is 5.81. The van der Waals surface area contributed by atoms with Crippen molar-refractivity contribution in [3.8, 4) is 0 Å². The van der Waals surface area contributed by atoms with Crippen LogP contribution in [0.4, 0.5) is 0 Å². The van der Waals surface area contributed by atoms with Gasteiger partial charge < -0.3 is 10.6 Å². The number of likely N-dealkylation sites (N-methyl/N-ethyl adjacent to an activating group) is 1. The molecular formula is C14H29N3O. The van der Waals surface area contributed by atoms with E-state index in [0.717, 1.165) is 39.0 Å². The Morgan fingerprint density at radius 3 is 2.50 bits per heavy atom. The molecule has 0 aromatic carbocycles. The molecule has 0 aromatic heterocycles. The van der Waals surface area contributed by atoms with Crippen molar-refractivity contribution in [3.63, 3.8) is 0 Å². The zero-order valence-corrected chi connectivity index (χ0v) is 12.4. The van der Waals surface area contributed by atoms with Crippen molar-refractivity contribution in [2.24, 2.45) is 11.7 Å². The molecule has 2 N–H and O–H groups in total. The van der Waals surface area contributed by atoms with Crippen LogP contribution < -0.4 is 5.73 Å². The van der Waals surface area contributed by atoms with Gasteiger partial charge in [0.15, 0.2) is 0 Å². The molecule has 0 radical (unpaired) electrons. The van der Waals surface area contributed by atoms with Crippen LogP contribution in [0.25, 0.3) is 0 Å². The first-order chi connectivity index (χ1) is 8.49. The fourth-order valence-electron chi connectivity index (χ4n) is 2.82. The average molecular weight is 255 g/mol. The second kappa shape index (κ2) is 7.10. The largest absolute Gasteiger partial charge is 0.340 e. The molecule has 1 aliphatic heterocycles. The number of nitrogens with two attached hydrogens (primary N) is 1. The number of hydrogen-bond acceptors (Lipinski definition) is 3. The Bertz CT molecular complexity index is 264. The highest BCUT2D eigenvalue weighted by Gasteiger charge is 2.31. The summed E-state index contributed by atoms with van der Waals surface area (Å²) in [6.07, 6.45) is 1.87. The minimum Gasteiger partial charge on any atom is -0.340 e. The molecule has 1 heterocycles. The number of nitrogens with zero attached hydrogens (tertiary/aromatic N) is 2. The molecule has 1 rings (SSSR count). The number of likely N-dealkylation sites (tertiary alicyclic amines) is 1. The molecule has 1 unspecified atom stereocenters. The molecular weight excluding hydrogens is 226 g/mol. The summed E-state index contributed by atoms with van der Waals surface area (Å²) < 4.78 is 0. The van der Waals surface area contributed by atoms with E-state index in [1.165, 1.54) is 0 Å². The van der Waals surface area contributed by atoms with Crippen molar-refractivity contribution in [2.75, 3.05) is 26.2 Å². The van der Waals surface area contributed by atoms with Crippen LogP contribution in [0.1, 0.15) is 40.5 Å². The fraction of sp³-hybridized carbons (Fsp3) is 0.929. The first-order valence-corrected chi connectivity index (χ1v) is 7.27. The third-order valence-electron chi connectivity index (χ3n) is 3.85. The fourth-order valence-corrected chi connectivity index (χ4v) is 2.82. The highest BCUT2D eigenvalue weighted by atomic mass is 16.2. The topological polar surface area (TPSA) is 49.6 Å². The Labute approximate surface area is 111 Å². The van der Waals surface area contributed by atoms with Crippen LogP contribution in [-0.4, -0.2) is 54.0 Å². The predicted octanol–water partition coefficient (Wildman–Crippen LogP) is 1.30. The van der Waals surface area contributed by atoms with Crippen molar-refractivity contribution in [1.29, 1.82) is 0 Å². The summed E-state index contributed by atoms with van der Waals surface area (Å²) in [4.78, 5) is 16.6. The number of rotatable bonds is 6. The Morgan fingerprint density at radius 2 is 2.00 bits per heavy atom. The van der Waals surface area contributed by atoms with Gasteiger partial charge in [0.05, 0.1) is 6.04 Å². The molecule has 1 aliphatic rings. The quantitative estimate of drug-likeness (QED) is 0.778. The van der Waals surface area contributed by atoms with E-state index in [9.17, 15) is 4.79 Å². The number of hydrogen-bond donors (Lipinski definition) is 1. The molecule has 4 heteroatoms. The molecule has 1 fully saturated rings. The summed E-state index contributed by atoms with van der Waals surface area (Å²) in [5.74, 6) is 0.614. The molecule has 4 nitrogen and oxygen atoms in total. The molecule has 1 amide bonds. The normalized spacial score (nSPS) is 21.9. The lowest BCUT2D eigenvalue weighted by atomic mass is 10.0. The first kappa shape index (κ1) is 15.4. The van der Waals surface area contributed by atoms with Gasteiger partial charge in [0.1, 0.15) is 0 Å². The van der Waals surface area contributed by atoms with Gasteiger partial charge in [-0.3, -0.25) is 9.69 Å². The Kier molecular flexibility index (Phi) is 6.09. The van der Waals surface area contributed by atoms with Gasteiger partial charge in [0.2, 0.25) is 5.91 Å². The van der Waals surface area contributed by atoms with Crippen LogP contribution >= 0.6 is 0 Å². The van der Waals surface area contributed by atoms with E-state index >= 15 is 0 Å². The van der Waals surface area contributed by atoms with E-state index in [-0.39, 0.29) is 11.9 Å². The third-order valence-corrected chi connectivity index (χ3v) is 3.85. The Balaban J connectivity index is 2.48. The lowest BCUT2D eigenvalue weighted by molar-refractivity contribution is -0.132. The summed E-state index contributed by atoms with van der Waals surface area (Å²) in [6, 6.07) is 0.204. The molecule has 106 valence electrons. The van der Waals surface area contributed by atoms with Crippen LogP contribution in [0.5, 0.6) is 0 Å². The highest BCUT2D eigenvalue weighted by Crippen LogP contribution is 2.17. The van der Waals surface area contributed by atoms with Gasteiger partial charge in [-0.1, -0.05) is 27.7 Å². The maximum absolute atomic E-state index is 12.2. The van der Waals surface area contributed by atoms with Crippen molar-refractivity contribution in [2.45, 2.75) is 52.6 Å². The van der Waals surface area contributed by atoms with Gasteiger partial charge in [-0.05, 0) is 31.8 Å². The summed E-state index contributed by atoms with van der Waals surface area (Å²) in [7, 11) is 0. The summed E-state index contributed by atoms with van der Waals surface area (Å²) in [6.45, 7) is 12.4. The maximum atomic E-state index is 12.2. The minimum absolute atomic E-state index is 0.137. The van der Waals surface area contributed by atoms with Gasteiger partial charge in [-0.15, -0.1) is 0 Å². The van der Waals surface area contributed by atoms with Gasteiger partial charge in [0, 0.05) is 19.1 Å². The van der Waals surface area contributed by atoms with Crippen molar-refractivity contribution >= 4 is 5.91 Å². The van der Waals surface area contributed by atoms with Crippen LogP contribution in [0.3, 0.4) is 0 Å². The Hall–Kier alpha value is -0.610. The molecule has 18 heavy (non-hydrogen) atoms. The smallest absolute Gasteiger partial charge is 0.239 e. The SMILES string of the molecule is CCN(CC)C1CCN(C(=O)[C@@H](N)CC(C)C)C1. The van der Waals surface area contributed by atoms with Gasteiger partial charge in [-0.2, -0.15) is 0 Å². The summed E-state index contributed by atoms with van der Waals surface area (Å²) >= 11 is 0. The number of carbonyl (C=O) groups is 1. The zero-order valence-electron chi connectivity index (χ0n) is 12.4. The third kappa shape index (κ3) is 3.95. The van der Waals surface area contributed by atoms with E-state index in [1.807, 2.05) is 4.90 Å². The monoisotopic (exact) mass is 255 g/mol. The van der Waals surface area contributed by atoms with E-state index < -0.39 is 0 Å². The van der Waals surface area contributed by atoms with Gasteiger partial charge in [0.25, 0.3) is 0 Å². The van der Waals surface area contributed by atoms with Crippen LogP contribution in [-0.2, 0) is 4.79 Å². The average Bonchev–Trinajstić information content (AvgIpc) is 2.78. The Morgan fingerprint density at radius 1 is 1.39 bits per heavy atom. The molecule has 0 aliphatic carbocycles. The van der Waals surface area contributed by atoms with E-state index in [2.05, 4.69) is 32.6 Å². The molecule has 0 spiro atoms. The number of amides is 1. The van der Waals surface area contributed by atoms with Gasteiger partial charge in [-0.25, -0.2) is 0 Å². The second-order valence-corrected chi connectivity index (χ2v) is 5.68. The lowest BCUT2D eigenvalue weighted by Crippen LogP contribution is -2.45. The van der Waals surface area contributed by atoms with Crippen LogP contribution in [0.2, 0.25) is 0 Å². The molecule has 1 saturated heterocycles. The minimum atomic E-state index is -0.319. The maximum Gasteiger partial charge on any atom is 0.239 e. The van der Waals surface area contributed by atoms with E-state index in [4.69, 9.17) is 5.73 Å². The number of carbonyl (C=O) groups excluding carboxylic acids is 1. The lowest BCUT2D eigenvalue weighted by Gasteiger charge is -2.27. The molecule has 0 saturated carbocycles. The van der Waals surface area contributed by atoms with E-state index in [1.54, 1.807) is 0 Å². The molecule has 2 atom stereocenters. The van der Waals surface area contributed by atoms with Gasteiger partial charge >= 0.3 is 0 Å². The second-order valence-electron chi connectivity index (χ2n) is 5.68. The molecule has 0 bridgehead atoms. The summed E-state index contributed by atoms with van der Waals surface area (Å²) in [5.41, 5.74) is 5.98. The van der Waals surface area contributed by atoms with Crippen molar-refractivity contribution in [1.82, 2.24) is 9.80 Å². The standard InChI is InChI=1S/C14H29N3O/c1-5-16(6-2)12-7-8-17(10-12)14(18)13(15)9-11(3)4/h11-13H,5-10,15H2,1-4H3/t12?,13-/m0/s1. The van der Waals surface area contributed by atoms with Crippen molar-refractivity contribution in [3.05, 3.63) is 0 Å². The predicted molar refractivity (Wildman–Crippen MR) is 75.3 cm³/mol. The van der Waals surface area contributed by atoms with E-state index in [0.29, 0.717) is 12.0 Å². The van der Waals surface area contributed by atoms with Crippen molar-refractivity contribution < 1.29 is 4.79 Å². The van der Waals surface area contributed by atoms with Crippen LogP contribution in [0.15, 0.2) is 0 Å². The molecule has 0 aromatic rings. The zero-order chi connectivity index (χ0) is 13.7. The first-order valence-electron chi connectivity index (χ1n) is 7.27.